The van der Waals surface area contributed by atoms with E-state index in [0.29, 0.717) is 0 Å². The van der Waals surface area contributed by atoms with E-state index in [2.05, 4.69) is 15.2 Å². The summed E-state index contributed by atoms with van der Waals surface area (Å²) in [5.41, 5.74) is 4.65. The van der Waals surface area contributed by atoms with Crippen LogP contribution in [0.25, 0.3) is 28.0 Å². The first kappa shape index (κ1) is 11.8. The number of nitrogens with one attached hydrogen (secondary N) is 1. The van der Waals surface area contributed by atoms with Crippen LogP contribution in [0.5, 0.6) is 0 Å². The van der Waals surface area contributed by atoms with Crippen molar-refractivity contribution < 1.29 is 4.39 Å². The standard InChI is InChI=1S/C16H11FN4/c17-13-4-1-11(2-5-13)16-14(9-19-20-16)12-3-6-15-18-7-8-21(15)10-12/h1-10H,(H,19,20). The lowest BCUT2D eigenvalue weighted by Gasteiger charge is -2.04. The lowest BCUT2D eigenvalue weighted by molar-refractivity contribution is 0.628. The summed E-state index contributed by atoms with van der Waals surface area (Å²) in [4.78, 5) is 4.23. The molecule has 3 heterocycles. The number of aromatic nitrogens is 4. The average Bonchev–Trinajstić information content (AvgIpc) is 3.16. The zero-order valence-electron chi connectivity index (χ0n) is 11.0. The molecule has 0 aliphatic rings. The van der Waals surface area contributed by atoms with Crippen molar-refractivity contribution in [3.8, 4) is 22.4 Å². The predicted octanol–water partition coefficient (Wildman–Crippen LogP) is 3.53. The molecule has 0 saturated carbocycles. The first-order valence-corrected chi connectivity index (χ1v) is 6.54. The van der Waals surface area contributed by atoms with E-state index in [1.54, 1.807) is 24.5 Å². The summed E-state index contributed by atoms with van der Waals surface area (Å²) in [5, 5.41) is 7.11. The largest absolute Gasteiger partial charge is 0.306 e. The number of H-pyrrole nitrogens is 1. The molecule has 0 aliphatic carbocycles. The third-order valence-electron chi connectivity index (χ3n) is 3.47. The predicted molar refractivity (Wildman–Crippen MR) is 78.2 cm³/mol. The van der Waals surface area contributed by atoms with Gasteiger partial charge in [0.25, 0.3) is 0 Å². The van der Waals surface area contributed by atoms with E-state index in [1.807, 2.05) is 28.9 Å². The van der Waals surface area contributed by atoms with E-state index >= 15 is 0 Å². The summed E-state index contributed by atoms with van der Waals surface area (Å²) in [6, 6.07) is 10.3. The number of hydrogen-bond acceptors (Lipinski definition) is 2. The number of rotatable bonds is 2. The molecule has 0 radical (unpaired) electrons. The van der Waals surface area contributed by atoms with Gasteiger partial charge in [-0.1, -0.05) is 0 Å². The van der Waals surface area contributed by atoms with E-state index in [0.717, 1.165) is 28.0 Å². The summed E-state index contributed by atoms with van der Waals surface area (Å²) in [7, 11) is 0. The van der Waals surface area contributed by atoms with Crippen LogP contribution in [0.4, 0.5) is 4.39 Å². The van der Waals surface area contributed by atoms with Crippen LogP contribution in [0.1, 0.15) is 0 Å². The second-order valence-electron chi connectivity index (χ2n) is 4.78. The van der Waals surface area contributed by atoms with Gasteiger partial charge in [0.15, 0.2) is 0 Å². The molecule has 0 fully saturated rings. The van der Waals surface area contributed by atoms with Gasteiger partial charge in [0.05, 0.1) is 11.9 Å². The fourth-order valence-electron chi connectivity index (χ4n) is 2.42. The summed E-state index contributed by atoms with van der Waals surface area (Å²) in [6.07, 6.45) is 7.43. The third-order valence-corrected chi connectivity index (χ3v) is 3.47. The normalized spacial score (nSPS) is 11.1. The van der Waals surface area contributed by atoms with Crippen LogP contribution in [0.2, 0.25) is 0 Å². The SMILES string of the molecule is Fc1ccc(-c2[nH]ncc2-c2ccc3nccn3c2)cc1. The average molecular weight is 278 g/mol. The first-order chi connectivity index (χ1) is 10.3. The Morgan fingerprint density at radius 3 is 2.67 bits per heavy atom. The van der Waals surface area contributed by atoms with Gasteiger partial charge in [-0.2, -0.15) is 5.10 Å². The molecule has 5 heteroatoms. The maximum Gasteiger partial charge on any atom is 0.136 e. The molecule has 4 rings (SSSR count). The quantitative estimate of drug-likeness (QED) is 0.609. The smallest absolute Gasteiger partial charge is 0.136 e. The molecule has 0 saturated heterocycles. The topological polar surface area (TPSA) is 46.0 Å². The Bertz CT molecular complexity index is 905. The van der Waals surface area contributed by atoms with Crippen molar-refractivity contribution in [1.29, 1.82) is 0 Å². The van der Waals surface area contributed by atoms with Gasteiger partial charge >= 0.3 is 0 Å². The third kappa shape index (κ3) is 1.99. The number of benzene rings is 1. The lowest BCUT2D eigenvalue weighted by Crippen LogP contribution is -1.87. The number of halogens is 1. The highest BCUT2D eigenvalue weighted by Gasteiger charge is 2.10. The maximum atomic E-state index is 13.1. The molecular weight excluding hydrogens is 267 g/mol. The Kier molecular flexibility index (Phi) is 2.57. The zero-order valence-corrected chi connectivity index (χ0v) is 11.0. The number of pyridine rings is 1. The number of imidazole rings is 1. The molecule has 1 aromatic carbocycles. The molecule has 3 aromatic heterocycles. The lowest BCUT2D eigenvalue weighted by atomic mass is 10.0. The Hall–Kier alpha value is -2.95. The van der Waals surface area contributed by atoms with Crippen LogP contribution in [0.15, 0.2) is 61.2 Å². The molecule has 0 bridgehead atoms. The van der Waals surface area contributed by atoms with Gasteiger partial charge in [0.1, 0.15) is 11.5 Å². The van der Waals surface area contributed by atoms with Crippen LogP contribution in [-0.4, -0.2) is 19.6 Å². The minimum atomic E-state index is -0.250. The second-order valence-corrected chi connectivity index (χ2v) is 4.78. The van der Waals surface area contributed by atoms with E-state index in [9.17, 15) is 4.39 Å². The van der Waals surface area contributed by atoms with Gasteiger partial charge < -0.3 is 4.40 Å². The van der Waals surface area contributed by atoms with Crippen molar-refractivity contribution >= 4 is 5.65 Å². The number of aromatic amines is 1. The molecule has 1 N–H and O–H groups in total. The number of nitrogens with zero attached hydrogens (tertiary/aromatic N) is 3. The van der Waals surface area contributed by atoms with Crippen LogP contribution in [-0.2, 0) is 0 Å². The monoisotopic (exact) mass is 278 g/mol. The fraction of sp³-hybridized carbons (Fsp3) is 0. The Morgan fingerprint density at radius 1 is 1.00 bits per heavy atom. The summed E-state index contributed by atoms with van der Waals surface area (Å²) in [6.45, 7) is 0. The van der Waals surface area contributed by atoms with Crippen molar-refractivity contribution in [1.82, 2.24) is 19.6 Å². The molecule has 4 nitrogen and oxygen atoms in total. The zero-order chi connectivity index (χ0) is 14.2. The molecule has 102 valence electrons. The minimum absolute atomic E-state index is 0.250. The summed E-state index contributed by atoms with van der Waals surface area (Å²) in [5.74, 6) is -0.250. The van der Waals surface area contributed by atoms with E-state index in [1.165, 1.54) is 12.1 Å². The van der Waals surface area contributed by atoms with Crippen LogP contribution in [0.3, 0.4) is 0 Å². The Morgan fingerprint density at radius 2 is 1.81 bits per heavy atom. The first-order valence-electron chi connectivity index (χ1n) is 6.54. The molecule has 0 spiro atoms. The molecule has 21 heavy (non-hydrogen) atoms. The van der Waals surface area contributed by atoms with Crippen molar-refractivity contribution in [2.24, 2.45) is 0 Å². The van der Waals surface area contributed by atoms with Crippen molar-refractivity contribution in [2.45, 2.75) is 0 Å². The van der Waals surface area contributed by atoms with Crippen molar-refractivity contribution in [2.75, 3.05) is 0 Å². The molecular formula is C16H11FN4. The Balaban J connectivity index is 1.85. The van der Waals surface area contributed by atoms with Crippen molar-refractivity contribution in [3.63, 3.8) is 0 Å². The molecule has 0 atom stereocenters. The molecule has 0 amide bonds. The van der Waals surface area contributed by atoms with Crippen LogP contribution in [0, 0.1) is 5.82 Å². The van der Waals surface area contributed by atoms with E-state index in [-0.39, 0.29) is 5.82 Å². The molecule has 0 unspecified atom stereocenters. The van der Waals surface area contributed by atoms with E-state index in [4.69, 9.17) is 0 Å². The molecule has 0 aliphatic heterocycles. The second kappa shape index (κ2) is 4.56. The van der Waals surface area contributed by atoms with Crippen LogP contribution < -0.4 is 0 Å². The highest BCUT2D eigenvalue weighted by Crippen LogP contribution is 2.30. The molecule has 4 aromatic rings. The number of hydrogen-bond donors (Lipinski definition) is 1. The maximum absolute atomic E-state index is 13.1. The summed E-state index contributed by atoms with van der Waals surface area (Å²) >= 11 is 0. The van der Waals surface area contributed by atoms with Gasteiger partial charge in [0.2, 0.25) is 0 Å². The van der Waals surface area contributed by atoms with E-state index < -0.39 is 0 Å². The van der Waals surface area contributed by atoms with Crippen LogP contribution >= 0.6 is 0 Å². The summed E-state index contributed by atoms with van der Waals surface area (Å²) < 4.78 is 15.0. The van der Waals surface area contributed by atoms with Gasteiger partial charge in [-0.3, -0.25) is 5.10 Å². The van der Waals surface area contributed by atoms with Crippen molar-refractivity contribution in [3.05, 3.63) is 67.0 Å². The Labute approximate surface area is 119 Å². The van der Waals surface area contributed by atoms with Gasteiger partial charge in [0, 0.05) is 35.3 Å². The van der Waals surface area contributed by atoms with Gasteiger partial charge in [-0.15, -0.1) is 0 Å². The number of fused-ring (bicyclic) bond motifs is 1. The minimum Gasteiger partial charge on any atom is -0.306 e. The van der Waals surface area contributed by atoms with Gasteiger partial charge in [-0.05, 0) is 36.4 Å². The van der Waals surface area contributed by atoms with Gasteiger partial charge in [-0.25, -0.2) is 9.37 Å². The fourth-order valence-corrected chi connectivity index (χ4v) is 2.42. The highest BCUT2D eigenvalue weighted by atomic mass is 19.1. The highest BCUT2D eigenvalue weighted by molar-refractivity contribution is 5.80.